The van der Waals surface area contributed by atoms with Gasteiger partial charge in [0.1, 0.15) is 5.75 Å². The van der Waals surface area contributed by atoms with E-state index in [9.17, 15) is 9.90 Å². The van der Waals surface area contributed by atoms with Crippen LogP contribution in [0.15, 0.2) is 33.4 Å². The topological polar surface area (TPSA) is 49.3 Å². The van der Waals surface area contributed by atoms with Gasteiger partial charge in [0.15, 0.2) is 0 Å². The molecule has 1 amide bonds. The molecule has 17 heavy (non-hydrogen) atoms. The Morgan fingerprint density at radius 3 is 2.76 bits per heavy atom. The van der Waals surface area contributed by atoms with Crippen LogP contribution in [0, 0.1) is 0 Å². The number of carbonyl (C=O) groups excluding carboxylic acids is 1. The number of nitrogens with one attached hydrogen (secondary N) is 1. The van der Waals surface area contributed by atoms with Gasteiger partial charge in [0.25, 0.3) is 5.91 Å². The SMILES string of the molecule is O=C(Nc1ccc(O)c(Cl)c1)c1csc(Br)c1. The number of hydrogen-bond acceptors (Lipinski definition) is 3. The van der Waals surface area contributed by atoms with Crippen molar-refractivity contribution < 1.29 is 9.90 Å². The van der Waals surface area contributed by atoms with Crippen LogP contribution in [0.5, 0.6) is 5.75 Å². The van der Waals surface area contributed by atoms with Gasteiger partial charge in [-0.1, -0.05) is 11.6 Å². The number of aromatic hydroxyl groups is 1. The average Bonchev–Trinajstić information content (AvgIpc) is 2.70. The minimum atomic E-state index is -0.214. The van der Waals surface area contributed by atoms with Crippen molar-refractivity contribution in [3.05, 3.63) is 44.0 Å². The molecule has 0 aliphatic carbocycles. The Labute approximate surface area is 115 Å². The van der Waals surface area contributed by atoms with Crippen molar-refractivity contribution in [1.82, 2.24) is 0 Å². The van der Waals surface area contributed by atoms with Crippen molar-refractivity contribution >= 4 is 50.5 Å². The number of amides is 1. The van der Waals surface area contributed by atoms with E-state index in [2.05, 4.69) is 21.2 Å². The van der Waals surface area contributed by atoms with Crippen molar-refractivity contribution in [2.24, 2.45) is 0 Å². The molecule has 0 atom stereocenters. The van der Waals surface area contributed by atoms with Gasteiger partial charge < -0.3 is 10.4 Å². The van der Waals surface area contributed by atoms with E-state index in [1.807, 2.05) is 0 Å². The molecule has 0 radical (unpaired) electrons. The third kappa shape index (κ3) is 3.00. The van der Waals surface area contributed by atoms with E-state index < -0.39 is 0 Å². The van der Waals surface area contributed by atoms with Gasteiger partial charge >= 0.3 is 0 Å². The number of phenols is 1. The molecule has 1 heterocycles. The Hall–Kier alpha value is -1.04. The minimum absolute atomic E-state index is 0.0112. The molecule has 3 nitrogen and oxygen atoms in total. The highest BCUT2D eigenvalue weighted by molar-refractivity contribution is 9.11. The zero-order valence-corrected chi connectivity index (χ0v) is 11.6. The summed E-state index contributed by atoms with van der Waals surface area (Å²) >= 11 is 10.5. The zero-order chi connectivity index (χ0) is 12.4. The van der Waals surface area contributed by atoms with Crippen LogP contribution in [0.4, 0.5) is 5.69 Å². The zero-order valence-electron chi connectivity index (χ0n) is 8.41. The van der Waals surface area contributed by atoms with Crippen molar-refractivity contribution in [2.45, 2.75) is 0 Å². The molecule has 0 aliphatic rings. The van der Waals surface area contributed by atoms with E-state index in [1.165, 1.54) is 23.5 Å². The molecule has 0 saturated heterocycles. The lowest BCUT2D eigenvalue weighted by Gasteiger charge is -2.04. The third-order valence-electron chi connectivity index (χ3n) is 2.04. The first-order valence-corrected chi connectivity index (χ1v) is 6.65. The molecule has 0 fully saturated rings. The molecule has 88 valence electrons. The standard InChI is InChI=1S/C11H7BrClNO2S/c12-10-3-6(5-17-10)11(16)14-7-1-2-9(15)8(13)4-7/h1-5,15H,(H,14,16). The highest BCUT2D eigenvalue weighted by atomic mass is 79.9. The molecule has 2 aromatic rings. The van der Waals surface area contributed by atoms with E-state index >= 15 is 0 Å². The Morgan fingerprint density at radius 2 is 2.18 bits per heavy atom. The van der Waals surface area contributed by atoms with Crippen LogP contribution in [0.3, 0.4) is 0 Å². The van der Waals surface area contributed by atoms with Gasteiger partial charge in [-0.05, 0) is 40.2 Å². The van der Waals surface area contributed by atoms with Crippen molar-refractivity contribution in [2.75, 3.05) is 5.32 Å². The number of phenolic OH excluding ortho intramolecular Hbond substituents is 1. The predicted molar refractivity (Wildman–Crippen MR) is 73.1 cm³/mol. The molecular formula is C11H7BrClNO2S. The second-order valence-corrected chi connectivity index (χ2v) is 5.96. The first kappa shape index (κ1) is 12.4. The molecule has 0 bridgehead atoms. The fourth-order valence-corrected chi connectivity index (χ4v) is 2.53. The van der Waals surface area contributed by atoms with Crippen LogP contribution in [0.25, 0.3) is 0 Å². The molecule has 0 aliphatic heterocycles. The van der Waals surface area contributed by atoms with Gasteiger partial charge in [-0.15, -0.1) is 11.3 Å². The number of hydrogen-bond donors (Lipinski definition) is 2. The van der Waals surface area contributed by atoms with E-state index in [1.54, 1.807) is 17.5 Å². The molecular weight excluding hydrogens is 326 g/mol. The lowest BCUT2D eigenvalue weighted by Crippen LogP contribution is -2.10. The number of rotatable bonds is 2. The van der Waals surface area contributed by atoms with Gasteiger partial charge in [0.05, 0.1) is 14.4 Å². The van der Waals surface area contributed by atoms with Crippen LogP contribution in [-0.4, -0.2) is 11.0 Å². The Balaban J connectivity index is 2.15. The maximum atomic E-state index is 11.8. The van der Waals surface area contributed by atoms with Crippen molar-refractivity contribution in [1.29, 1.82) is 0 Å². The van der Waals surface area contributed by atoms with Crippen molar-refractivity contribution in [3.8, 4) is 5.75 Å². The average molecular weight is 333 g/mol. The maximum Gasteiger partial charge on any atom is 0.256 e. The van der Waals surface area contributed by atoms with Crippen molar-refractivity contribution in [3.63, 3.8) is 0 Å². The highest BCUT2D eigenvalue weighted by Crippen LogP contribution is 2.27. The number of carbonyl (C=O) groups is 1. The summed E-state index contributed by atoms with van der Waals surface area (Å²) in [6, 6.07) is 6.25. The summed E-state index contributed by atoms with van der Waals surface area (Å²) in [5, 5.41) is 13.9. The molecule has 0 saturated carbocycles. The summed E-state index contributed by atoms with van der Waals surface area (Å²) in [5.74, 6) is -0.225. The normalized spacial score (nSPS) is 10.2. The first-order chi connectivity index (χ1) is 8.06. The third-order valence-corrected chi connectivity index (χ3v) is 3.84. The fourth-order valence-electron chi connectivity index (χ4n) is 1.22. The summed E-state index contributed by atoms with van der Waals surface area (Å²) in [6.45, 7) is 0. The van der Waals surface area contributed by atoms with Crippen LogP contribution in [0.2, 0.25) is 5.02 Å². The summed E-state index contributed by atoms with van der Waals surface area (Å²) in [7, 11) is 0. The monoisotopic (exact) mass is 331 g/mol. The number of benzene rings is 1. The summed E-state index contributed by atoms with van der Waals surface area (Å²) < 4.78 is 0.895. The summed E-state index contributed by atoms with van der Waals surface area (Å²) in [6.07, 6.45) is 0. The smallest absolute Gasteiger partial charge is 0.256 e. The predicted octanol–water partition coefficient (Wildman–Crippen LogP) is 4.12. The van der Waals surface area contributed by atoms with E-state index in [0.717, 1.165) is 3.79 Å². The van der Waals surface area contributed by atoms with E-state index in [4.69, 9.17) is 11.6 Å². The van der Waals surface area contributed by atoms with Gasteiger partial charge in [-0.3, -0.25) is 4.79 Å². The van der Waals surface area contributed by atoms with Crippen LogP contribution in [-0.2, 0) is 0 Å². The molecule has 2 N–H and O–H groups in total. The Bertz CT molecular complexity index is 570. The number of anilines is 1. The lowest BCUT2D eigenvalue weighted by atomic mass is 10.2. The van der Waals surface area contributed by atoms with Gasteiger partial charge in [-0.25, -0.2) is 0 Å². The Kier molecular flexibility index (Phi) is 3.71. The van der Waals surface area contributed by atoms with Gasteiger partial charge in [0.2, 0.25) is 0 Å². The van der Waals surface area contributed by atoms with Gasteiger partial charge in [0, 0.05) is 11.1 Å². The highest BCUT2D eigenvalue weighted by Gasteiger charge is 2.09. The summed E-state index contributed by atoms with van der Waals surface area (Å²) in [4.78, 5) is 11.8. The molecule has 6 heteroatoms. The second kappa shape index (κ2) is 5.08. The summed E-state index contributed by atoms with van der Waals surface area (Å²) in [5.41, 5.74) is 1.12. The van der Waals surface area contributed by atoms with Crippen LogP contribution < -0.4 is 5.32 Å². The van der Waals surface area contributed by atoms with Crippen LogP contribution >= 0.6 is 38.9 Å². The number of thiophene rings is 1. The maximum absolute atomic E-state index is 11.8. The quantitative estimate of drug-likeness (QED) is 0.813. The lowest BCUT2D eigenvalue weighted by molar-refractivity contribution is 0.102. The number of halogens is 2. The largest absolute Gasteiger partial charge is 0.506 e. The molecule has 1 aromatic heterocycles. The molecule has 1 aromatic carbocycles. The fraction of sp³-hybridized carbons (Fsp3) is 0. The molecule has 0 spiro atoms. The molecule has 2 rings (SSSR count). The van der Waals surface area contributed by atoms with Crippen LogP contribution in [0.1, 0.15) is 10.4 Å². The second-order valence-electron chi connectivity index (χ2n) is 3.26. The minimum Gasteiger partial charge on any atom is -0.506 e. The van der Waals surface area contributed by atoms with Gasteiger partial charge in [-0.2, -0.15) is 0 Å². The van der Waals surface area contributed by atoms with E-state index in [0.29, 0.717) is 11.3 Å². The Morgan fingerprint density at radius 1 is 1.41 bits per heavy atom. The molecule has 0 unspecified atom stereocenters. The first-order valence-electron chi connectivity index (χ1n) is 4.60. The van der Waals surface area contributed by atoms with E-state index in [-0.39, 0.29) is 16.7 Å².